The Kier molecular flexibility index (Phi) is 4.06. The molecule has 0 aliphatic carbocycles. The van der Waals surface area contributed by atoms with Crippen LogP contribution >= 0.6 is 0 Å². The van der Waals surface area contributed by atoms with Crippen LogP contribution in [0.2, 0.25) is 0 Å². The number of aromatic nitrogens is 3. The molecule has 0 atom stereocenters. The predicted octanol–water partition coefficient (Wildman–Crippen LogP) is 1.12. The second-order valence-corrected chi connectivity index (χ2v) is 5.52. The summed E-state index contributed by atoms with van der Waals surface area (Å²) in [5.74, 6) is 0.297. The molecule has 22 heavy (non-hydrogen) atoms. The van der Waals surface area contributed by atoms with E-state index < -0.39 is 0 Å². The van der Waals surface area contributed by atoms with Gasteiger partial charge >= 0.3 is 0 Å². The normalized spacial score (nSPS) is 15.8. The molecule has 2 aromatic heterocycles. The Morgan fingerprint density at radius 2 is 2.05 bits per heavy atom. The molecule has 1 amide bonds. The Labute approximate surface area is 129 Å². The van der Waals surface area contributed by atoms with Gasteiger partial charge in [-0.2, -0.15) is 0 Å². The zero-order valence-corrected chi connectivity index (χ0v) is 12.8. The molecule has 0 unspecified atom stereocenters. The van der Waals surface area contributed by atoms with Crippen LogP contribution in [0.5, 0.6) is 0 Å². The molecule has 0 saturated carbocycles. The maximum absolute atomic E-state index is 12.2. The summed E-state index contributed by atoms with van der Waals surface area (Å²) in [7, 11) is 2.13. The van der Waals surface area contributed by atoms with Gasteiger partial charge < -0.3 is 20.1 Å². The lowest BCUT2D eigenvalue weighted by Gasteiger charge is -2.34. The first-order valence-electron chi connectivity index (χ1n) is 7.34. The third-order valence-electron chi connectivity index (χ3n) is 3.90. The fraction of sp³-hybridized carbons (Fsp3) is 0.400. The minimum atomic E-state index is -0.248. The Bertz CT molecular complexity index is 660. The number of aryl methyl sites for hydroxylation is 1. The Balaban J connectivity index is 1.71. The van der Waals surface area contributed by atoms with Crippen molar-refractivity contribution in [2.24, 2.45) is 0 Å². The van der Waals surface area contributed by atoms with E-state index >= 15 is 0 Å². The van der Waals surface area contributed by atoms with Gasteiger partial charge in [0, 0.05) is 49.8 Å². The van der Waals surface area contributed by atoms with E-state index in [1.54, 1.807) is 6.20 Å². The molecule has 0 bridgehead atoms. The highest BCUT2D eigenvalue weighted by Gasteiger charge is 2.16. The molecule has 0 aromatic carbocycles. The molecule has 1 aliphatic heterocycles. The average molecular weight is 300 g/mol. The molecule has 2 aromatic rings. The number of hydrogen-bond donors (Lipinski definition) is 2. The van der Waals surface area contributed by atoms with Crippen LogP contribution < -0.4 is 10.2 Å². The maximum Gasteiger partial charge on any atom is 0.277 e. The highest BCUT2D eigenvalue weighted by atomic mass is 16.2. The van der Waals surface area contributed by atoms with Crippen LogP contribution in [0.25, 0.3) is 0 Å². The summed E-state index contributed by atoms with van der Waals surface area (Å²) >= 11 is 0. The third-order valence-corrected chi connectivity index (χ3v) is 3.90. The molecular formula is C15H20N6O. The number of anilines is 2. The first-order chi connectivity index (χ1) is 10.6. The summed E-state index contributed by atoms with van der Waals surface area (Å²) in [6.07, 6.45) is 3.24. The topological polar surface area (TPSA) is 77.2 Å². The molecule has 0 radical (unpaired) electrons. The van der Waals surface area contributed by atoms with Gasteiger partial charge in [-0.05, 0) is 20.0 Å². The van der Waals surface area contributed by atoms with E-state index in [4.69, 9.17) is 0 Å². The molecule has 1 fully saturated rings. The smallest absolute Gasteiger partial charge is 0.277 e. The lowest BCUT2D eigenvalue weighted by Crippen LogP contribution is -2.44. The number of imidazole rings is 1. The van der Waals surface area contributed by atoms with Crippen molar-refractivity contribution < 1.29 is 4.79 Å². The van der Waals surface area contributed by atoms with Crippen LogP contribution in [0, 0.1) is 6.92 Å². The number of hydrogen-bond acceptors (Lipinski definition) is 5. The van der Waals surface area contributed by atoms with Crippen molar-refractivity contribution >= 4 is 17.4 Å². The number of piperazine rings is 1. The van der Waals surface area contributed by atoms with Crippen molar-refractivity contribution in [3.63, 3.8) is 0 Å². The number of pyridine rings is 1. The number of carbonyl (C=O) groups is 1. The van der Waals surface area contributed by atoms with Gasteiger partial charge in [0.2, 0.25) is 0 Å². The number of aromatic amines is 1. The average Bonchev–Trinajstić information content (AvgIpc) is 2.94. The fourth-order valence-corrected chi connectivity index (χ4v) is 2.51. The minimum Gasteiger partial charge on any atom is -0.369 e. The summed E-state index contributed by atoms with van der Waals surface area (Å²) in [4.78, 5) is 27.9. The number of nitrogens with zero attached hydrogens (tertiary/aromatic N) is 4. The molecule has 1 aliphatic rings. The van der Waals surface area contributed by atoms with Crippen molar-refractivity contribution in [2.75, 3.05) is 43.4 Å². The van der Waals surface area contributed by atoms with Crippen LogP contribution in [0.1, 0.15) is 16.2 Å². The molecule has 3 rings (SSSR count). The third kappa shape index (κ3) is 3.09. The number of rotatable bonds is 3. The molecule has 7 nitrogen and oxygen atoms in total. The van der Waals surface area contributed by atoms with E-state index in [2.05, 4.69) is 37.1 Å². The van der Waals surface area contributed by atoms with Crippen molar-refractivity contribution in [1.82, 2.24) is 19.9 Å². The number of nitrogens with one attached hydrogen (secondary N) is 2. The quantitative estimate of drug-likeness (QED) is 0.888. The zero-order valence-electron chi connectivity index (χ0n) is 12.8. The molecular weight excluding hydrogens is 280 g/mol. The number of amides is 1. The Hall–Kier alpha value is -2.41. The van der Waals surface area contributed by atoms with E-state index in [0.29, 0.717) is 11.5 Å². The van der Waals surface area contributed by atoms with Gasteiger partial charge in [-0.15, -0.1) is 0 Å². The lowest BCUT2D eigenvalue weighted by atomic mass is 10.2. The van der Waals surface area contributed by atoms with Crippen molar-refractivity contribution in [3.05, 3.63) is 36.0 Å². The predicted molar refractivity (Wildman–Crippen MR) is 85.2 cm³/mol. The second kappa shape index (κ2) is 6.15. The maximum atomic E-state index is 12.2. The zero-order chi connectivity index (χ0) is 15.5. The largest absolute Gasteiger partial charge is 0.369 e. The van der Waals surface area contributed by atoms with Gasteiger partial charge in [0.15, 0.2) is 0 Å². The number of H-pyrrole nitrogens is 1. The molecule has 116 valence electrons. The minimum absolute atomic E-state index is 0.248. The lowest BCUT2D eigenvalue weighted by molar-refractivity contribution is 0.102. The monoisotopic (exact) mass is 300 g/mol. The summed E-state index contributed by atoms with van der Waals surface area (Å²) in [6.45, 7) is 5.85. The summed E-state index contributed by atoms with van der Waals surface area (Å²) in [5.41, 5.74) is 2.22. The Morgan fingerprint density at radius 1 is 1.27 bits per heavy atom. The van der Waals surface area contributed by atoms with E-state index in [9.17, 15) is 4.79 Å². The summed E-state index contributed by atoms with van der Waals surface area (Å²) < 4.78 is 0. The standard InChI is InChI=1S/C15H20N6O/c1-11-14(18-10-17-11)15(22)19-13-9-12(3-4-16-13)21-7-5-20(2)6-8-21/h3-4,9-10H,5-8H2,1-2H3,(H,17,18)(H,16,19,22). The van der Waals surface area contributed by atoms with Gasteiger partial charge in [-0.25, -0.2) is 9.97 Å². The molecule has 7 heteroatoms. The molecule has 0 spiro atoms. The van der Waals surface area contributed by atoms with Crippen molar-refractivity contribution in [3.8, 4) is 0 Å². The molecule has 1 saturated heterocycles. The van der Waals surface area contributed by atoms with Gasteiger partial charge in [0.1, 0.15) is 11.5 Å². The van der Waals surface area contributed by atoms with Gasteiger partial charge in [-0.1, -0.05) is 0 Å². The number of carbonyl (C=O) groups excluding carboxylic acids is 1. The molecule has 2 N–H and O–H groups in total. The van der Waals surface area contributed by atoms with E-state index in [1.807, 2.05) is 19.1 Å². The summed E-state index contributed by atoms with van der Waals surface area (Å²) in [5, 5.41) is 2.80. The SMILES string of the molecule is Cc1[nH]cnc1C(=O)Nc1cc(N2CCN(C)CC2)ccn1. The van der Waals surface area contributed by atoms with Gasteiger partial charge in [0.25, 0.3) is 5.91 Å². The van der Waals surface area contributed by atoms with E-state index in [-0.39, 0.29) is 5.91 Å². The van der Waals surface area contributed by atoms with Crippen LogP contribution in [-0.4, -0.2) is 59.0 Å². The van der Waals surface area contributed by atoms with Crippen LogP contribution in [0.15, 0.2) is 24.7 Å². The van der Waals surface area contributed by atoms with Crippen LogP contribution in [-0.2, 0) is 0 Å². The number of likely N-dealkylation sites (N-methyl/N-ethyl adjacent to an activating group) is 1. The van der Waals surface area contributed by atoms with Crippen molar-refractivity contribution in [2.45, 2.75) is 6.92 Å². The van der Waals surface area contributed by atoms with Crippen molar-refractivity contribution in [1.29, 1.82) is 0 Å². The van der Waals surface area contributed by atoms with Gasteiger partial charge in [-0.3, -0.25) is 4.79 Å². The first-order valence-corrected chi connectivity index (χ1v) is 7.34. The fourth-order valence-electron chi connectivity index (χ4n) is 2.51. The molecule has 3 heterocycles. The van der Waals surface area contributed by atoms with Gasteiger partial charge in [0.05, 0.1) is 6.33 Å². The summed E-state index contributed by atoms with van der Waals surface area (Å²) in [6, 6.07) is 3.88. The van der Waals surface area contributed by atoms with E-state index in [1.165, 1.54) is 6.33 Å². The highest BCUT2D eigenvalue weighted by Crippen LogP contribution is 2.19. The van der Waals surface area contributed by atoms with Crippen LogP contribution in [0.3, 0.4) is 0 Å². The highest BCUT2D eigenvalue weighted by molar-refractivity contribution is 6.03. The van der Waals surface area contributed by atoms with Crippen LogP contribution in [0.4, 0.5) is 11.5 Å². The second-order valence-electron chi connectivity index (χ2n) is 5.52. The first kappa shape index (κ1) is 14.5. The Morgan fingerprint density at radius 3 is 2.73 bits per heavy atom. The van der Waals surface area contributed by atoms with E-state index in [0.717, 1.165) is 37.6 Å².